The highest BCUT2D eigenvalue weighted by molar-refractivity contribution is 5.91. The fourth-order valence-corrected chi connectivity index (χ4v) is 2.74. The molecule has 9 nitrogen and oxygen atoms in total. The molecule has 3 aromatic rings. The third kappa shape index (κ3) is 2.22. The third-order valence-corrected chi connectivity index (χ3v) is 3.82. The second-order valence-electron chi connectivity index (χ2n) is 5.27. The summed E-state index contributed by atoms with van der Waals surface area (Å²) in [5.41, 5.74) is 0.342. The molecule has 2 aromatic heterocycles. The normalized spacial score (nSPS) is 16.5. The average Bonchev–Trinajstić information content (AvgIpc) is 3.23. The zero-order valence-electron chi connectivity index (χ0n) is 12.2. The van der Waals surface area contributed by atoms with Gasteiger partial charge >= 0.3 is 0 Å². The Hall–Kier alpha value is -3.49. The Balaban J connectivity index is 1.75. The highest BCUT2D eigenvalue weighted by atomic mass is 16.6. The number of benzene rings is 1. The summed E-state index contributed by atoms with van der Waals surface area (Å²) in [6.07, 6.45) is 1.50. The zero-order chi connectivity index (χ0) is 16.7. The van der Waals surface area contributed by atoms with Gasteiger partial charge in [-0.3, -0.25) is 20.2 Å². The minimum atomic E-state index is -0.457. The van der Waals surface area contributed by atoms with Crippen molar-refractivity contribution in [2.45, 2.75) is 12.5 Å². The summed E-state index contributed by atoms with van der Waals surface area (Å²) in [6.45, 7) is 0. The number of rotatable bonds is 3. The van der Waals surface area contributed by atoms with Crippen LogP contribution in [0.2, 0.25) is 0 Å². The first-order chi connectivity index (χ1) is 11.6. The predicted octanol–water partition coefficient (Wildman–Crippen LogP) is 2.38. The summed E-state index contributed by atoms with van der Waals surface area (Å²) in [5, 5.41) is 17.9. The van der Waals surface area contributed by atoms with E-state index in [1.54, 1.807) is 35.0 Å². The maximum absolute atomic E-state index is 11.8. The van der Waals surface area contributed by atoms with Gasteiger partial charge in [-0.15, -0.1) is 0 Å². The number of nitrogens with zero attached hydrogens (tertiary/aromatic N) is 4. The molecule has 1 N–H and O–H groups in total. The molecule has 0 aliphatic carbocycles. The van der Waals surface area contributed by atoms with Crippen LogP contribution < -0.4 is 5.32 Å². The van der Waals surface area contributed by atoms with Crippen molar-refractivity contribution in [3.63, 3.8) is 0 Å². The zero-order valence-corrected chi connectivity index (χ0v) is 12.2. The predicted molar refractivity (Wildman–Crippen MR) is 82.2 cm³/mol. The van der Waals surface area contributed by atoms with Crippen LogP contribution in [0, 0.1) is 10.1 Å². The summed E-state index contributed by atoms with van der Waals surface area (Å²) in [7, 11) is 0. The molecule has 9 heteroatoms. The number of aromatic nitrogens is 3. The standard InChI is InChI=1S/C15H11N5O4/c21-14-7-11(19-15(18-14)16-8-17-19)13-6-5-12(24-13)9-3-1-2-4-10(9)20(22)23/h1-6,8,11H,7H2,(H,16,17,18,21)/t11-/m1/s1. The third-order valence-electron chi connectivity index (χ3n) is 3.82. The Bertz CT molecular complexity index is 945. The van der Waals surface area contributed by atoms with Crippen molar-refractivity contribution >= 4 is 17.5 Å². The van der Waals surface area contributed by atoms with Crippen LogP contribution in [0.3, 0.4) is 0 Å². The Morgan fingerprint density at radius 1 is 1.29 bits per heavy atom. The Morgan fingerprint density at radius 3 is 2.96 bits per heavy atom. The quantitative estimate of drug-likeness (QED) is 0.584. The highest BCUT2D eigenvalue weighted by Crippen LogP contribution is 2.35. The molecule has 0 spiro atoms. The number of carbonyl (C=O) groups is 1. The highest BCUT2D eigenvalue weighted by Gasteiger charge is 2.30. The number of hydrogen-bond acceptors (Lipinski definition) is 6. The van der Waals surface area contributed by atoms with Gasteiger partial charge in [0.2, 0.25) is 11.9 Å². The van der Waals surface area contributed by atoms with Gasteiger partial charge in [0.15, 0.2) is 0 Å². The fraction of sp³-hybridized carbons (Fsp3) is 0.133. The molecule has 1 amide bonds. The SMILES string of the molecule is O=C1C[C@H](c2ccc(-c3ccccc3[N+](=O)[O-])o2)n2ncnc2N1. The van der Waals surface area contributed by atoms with E-state index in [0.29, 0.717) is 23.0 Å². The summed E-state index contributed by atoms with van der Waals surface area (Å²) < 4.78 is 7.36. The maximum atomic E-state index is 11.8. The summed E-state index contributed by atoms with van der Waals surface area (Å²) >= 11 is 0. The van der Waals surface area contributed by atoms with E-state index in [9.17, 15) is 14.9 Å². The molecule has 3 heterocycles. The molecule has 0 bridgehead atoms. The molecule has 1 atom stereocenters. The van der Waals surface area contributed by atoms with Crippen LogP contribution in [-0.4, -0.2) is 25.6 Å². The smallest absolute Gasteiger partial charge is 0.280 e. The van der Waals surface area contributed by atoms with E-state index >= 15 is 0 Å². The van der Waals surface area contributed by atoms with E-state index < -0.39 is 11.0 Å². The summed E-state index contributed by atoms with van der Waals surface area (Å²) in [4.78, 5) is 26.5. The number of nitrogens with one attached hydrogen (secondary N) is 1. The summed E-state index contributed by atoms with van der Waals surface area (Å²) in [6, 6.07) is 9.25. The van der Waals surface area contributed by atoms with Crippen LogP contribution in [-0.2, 0) is 4.79 Å². The van der Waals surface area contributed by atoms with Crippen LogP contribution in [0.4, 0.5) is 11.6 Å². The van der Waals surface area contributed by atoms with E-state index in [2.05, 4.69) is 15.4 Å². The first kappa shape index (κ1) is 14.1. The summed E-state index contributed by atoms with van der Waals surface area (Å²) in [5.74, 6) is 1.01. The lowest BCUT2D eigenvalue weighted by molar-refractivity contribution is -0.384. The number of para-hydroxylation sites is 1. The molecule has 1 aromatic carbocycles. The molecular weight excluding hydrogens is 314 g/mol. The molecule has 1 aliphatic rings. The van der Waals surface area contributed by atoms with Crippen molar-refractivity contribution in [2.75, 3.05) is 5.32 Å². The second kappa shape index (κ2) is 5.30. The lowest BCUT2D eigenvalue weighted by Gasteiger charge is -2.21. The largest absolute Gasteiger partial charge is 0.459 e. The lowest BCUT2D eigenvalue weighted by atomic mass is 10.1. The van der Waals surface area contributed by atoms with Gasteiger partial charge in [-0.2, -0.15) is 10.1 Å². The number of nitro benzene ring substituents is 1. The van der Waals surface area contributed by atoms with E-state index in [0.717, 1.165) is 0 Å². The van der Waals surface area contributed by atoms with Crippen LogP contribution >= 0.6 is 0 Å². The first-order valence-electron chi connectivity index (χ1n) is 7.16. The molecule has 120 valence electrons. The molecule has 0 fully saturated rings. The number of nitro groups is 1. The Labute approximate surface area is 135 Å². The Kier molecular flexibility index (Phi) is 3.12. The van der Waals surface area contributed by atoms with Gasteiger partial charge in [0.05, 0.1) is 16.9 Å². The monoisotopic (exact) mass is 325 g/mol. The Morgan fingerprint density at radius 2 is 2.12 bits per heavy atom. The number of fused-ring (bicyclic) bond motifs is 1. The van der Waals surface area contributed by atoms with Gasteiger partial charge in [0.25, 0.3) is 5.69 Å². The van der Waals surface area contributed by atoms with Crippen molar-refractivity contribution in [3.8, 4) is 11.3 Å². The number of furan rings is 1. The van der Waals surface area contributed by atoms with Crippen molar-refractivity contribution in [1.82, 2.24) is 14.8 Å². The van der Waals surface area contributed by atoms with E-state index in [-0.39, 0.29) is 18.0 Å². The molecule has 24 heavy (non-hydrogen) atoms. The molecular formula is C15H11N5O4. The van der Waals surface area contributed by atoms with E-state index in [1.807, 2.05) is 0 Å². The molecule has 1 aliphatic heterocycles. The second-order valence-corrected chi connectivity index (χ2v) is 5.27. The molecule has 0 saturated heterocycles. The molecule has 0 radical (unpaired) electrons. The minimum Gasteiger partial charge on any atom is -0.459 e. The maximum Gasteiger partial charge on any atom is 0.280 e. The van der Waals surface area contributed by atoms with Crippen LogP contribution in [0.1, 0.15) is 18.2 Å². The first-order valence-corrected chi connectivity index (χ1v) is 7.16. The van der Waals surface area contributed by atoms with Crippen molar-refractivity contribution < 1.29 is 14.1 Å². The van der Waals surface area contributed by atoms with Gasteiger partial charge in [-0.1, -0.05) is 12.1 Å². The van der Waals surface area contributed by atoms with Crippen LogP contribution in [0.25, 0.3) is 11.3 Å². The average molecular weight is 325 g/mol. The molecule has 0 saturated carbocycles. The van der Waals surface area contributed by atoms with Crippen molar-refractivity contribution in [1.29, 1.82) is 0 Å². The van der Waals surface area contributed by atoms with Crippen LogP contribution in [0.5, 0.6) is 0 Å². The van der Waals surface area contributed by atoms with Crippen LogP contribution in [0.15, 0.2) is 47.1 Å². The number of hydrogen-bond donors (Lipinski definition) is 1. The fourth-order valence-electron chi connectivity index (χ4n) is 2.74. The molecule has 0 unspecified atom stereocenters. The number of carbonyl (C=O) groups excluding carboxylic acids is 1. The van der Waals surface area contributed by atoms with Crippen molar-refractivity contribution in [3.05, 3.63) is 58.6 Å². The van der Waals surface area contributed by atoms with E-state index in [1.165, 1.54) is 12.4 Å². The van der Waals surface area contributed by atoms with Gasteiger partial charge in [0.1, 0.15) is 23.9 Å². The van der Waals surface area contributed by atoms with E-state index in [4.69, 9.17) is 4.42 Å². The topological polar surface area (TPSA) is 116 Å². The van der Waals surface area contributed by atoms with Gasteiger partial charge in [0, 0.05) is 6.07 Å². The molecule has 4 rings (SSSR count). The van der Waals surface area contributed by atoms with Crippen molar-refractivity contribution in [2.24, 2.45) is 0 Å². The van der Waals surface area contributed by atoms with Gasteiger partial charge < -0.3 is 4.42 Å². The number of amides is 1. The minimum absolute atomic E-state index is 0.0405. The lowest BCUT2D eigenvalue weighted by Crippen LogP contribution is -2.29. The number of anilines is 1. The van der Waals surface area contributed by atoms with Gasteiger partial charge in [-0.05, 0) is 18.2 Å². The van der Waals surface area contributed by atoms with Gasteiger partial charge in [-0.25, -0.2) is 4.68 Å².